The molecule has 0 radical (unpaired) electrons. The smallest absolute Gasteiger partial charge is 0.155 e. The lowest BCUT2D eigenvalue weighted by atomic mass is 9.47. The van der Waals surface area contributed by atoms with Crippen LogP contribution in [0.1, 0.15) is 58.8 Å². The minimum atomic E-state index is -0.462. The van der Waals surface area contributed by atoms with Gasteiger partial charge in [-0.05, 0) is 78.8 Å². The third-order valence-corrected chi connectivity index (χ3v) is 7.93. The van der Waals surface area contributed by atoms with Gasteiger partial charge in [0, 0.05) is 6.42 Å². The Morgan fingerprint density at radius 1 is 1.09 bits per heavy atom. The van der Waals surface area contributed by atoms with Gasteiger partial charge >= 0.3 is 0 Å². The summed E-state index contributed by atoms with van der Waals surface area (Å²) in [5.41, 5.74) is 1.04. The highest BCUT2D eigenvalue weighted by Gasteiger charge is 2.60. The van der Waals surface area contributed by atoms with Crippen LogP contribution >= 0.6 is 0 Å². The van der Waals surface area contributed by atoms with Crippen molar-refractivity contribution in [1.29, 1.82) is 0 Å². The van der Waals surface area contributed by atoms with Gasteiger partial charge in [-0.1, -0.05) is 13.8 Å². The van der Waals surface area contributed by atoms with Crippen molar-refractivity contribution in [2.75, 3.05) is 0 Å². The first-order valence-electron chi connectivity index (χ1n) is 8.97. The van der Waals surface area contributed by atoms with E-state index < -0.39 is 6.10 Å². The summed E-state index contributed by atoms with van der Waals surface area (Å²) in [6.07, 6.45) is 7.65. The van der Waals surface area contributed by atoms with Gasteiger partial charge in [0.2, 0.25) is 0 Å². The molecule has 1 unspecified atom stereocenters. The maximum Gasteiger partial charge on any atom is 0.155 e. The summed E-state index contributed by atoms with van der Waals surface area (Å²) >= 11 is 0. The van der Waals surface area contributed by atoms with Gasteiger partial charge in [0.15, 0.2) is 5.78 Å². The van der Waals surface area contributed by atoms with E-state index in [1.807, 2.05) is 0 Å². The fourth-order valence-electron chi connectivity index (χ4n) is 6.58. The van der Waals surface area contributed by atoms with Crippen LogP contribution in [0.15, 0.2) is 11.6 Å². The standard InChI is InChI=1S/C19H28O3/c1-18-7-5-11(20)9-15(18)16(21)10-12-13-3-4-17(22)19(13,2)8-6-14(12)18/h9,12-14,16-17,21-22H,3-8,10H2,1-2H3/t12-,13-,14-,16?,17-,18+,19-/m0/s1. The number of hydrogen-bond acceptors (Lipinski definition) is 3. The Morgan fingerprint density at radius 3 is 2.64 bits per heavy atom. The van der Waals surface area contributed by atoms with Crippen LogP contribution in [0.5, 0.6) is 0 Å². The lowest BCUT2D eigenvalue weighted by molar-refractivity contribution is -0.120. The zero-order valence-corrected chi connectivity index (χ0v) is 13.7. The van der Waals surface area contributed by atoms with Gasteiger partial charge in [0.05, 0.1) is 12.2 Å². The van der Waals surface area contributed by atoms with E-state index in [0.29, 0.717) is 24.2 Å². The Hall–Kier alpha value is -0.670. The Morgan fingerprint density at radius 2 is 1.86 bits per heavy atom. The summed E-state index contributed by atoms with van der Waals surface area (Å²) in [6, 6.07) is 0. The Bertz CT molecular complexity index is 539. The second-order valence-electron chi connectivity index (χ2n) is 8.75. The third-order valence-electron chi connectivity index (χ3n) is 7.93. The van der Waals surface area contributed by atoms with Gasteiger partial charge in [0.1, 0.15) is 0 Å². The second-order valence-corrected chi connectivity index (χ2v) is 8.75. The molecule has 2 N–H and O–H groups in total. The van der Waals surface area contributed by atoms with Gasteiger partial charge in [-0.15, -0.1) is 0 Å². The van der Waals surface area contributed by atoms with Gasteiger partial charge in [-0.2, -0.15) is 0 Å². The first-order chi connectivity index (χ1) is 10.4. The molecule has 3 fully saturated rings. The van der Waals surface area contributed by atoms with E-state index in [-0.39, 0.29) is 22.7 Å². The predicted octanol–water partition coefficient (Wildman–Crippen LogP) is 2.85. The molecule has 0 heterocycles. The zero-order chi connectivity index (χ0) is 15.7. The third kappa shape index (κ3) is 1.78. The van der Waals surface area contributed by atoms with Crippen molar-refractivity contribution in [3.8, 4) is 0 Å². The zero-order valence-electron chi connectivity index (χ0n) is 13.7. The fraction of sp³-hybridized carbons (Fsp3) is 0.842. The normalized spacial score (nSPS) is 54.3. The molecular formula is C19H28O3. The molecule has 0 bridgehead atoms. The van der Waals surface area contributed by atoms with Gasteiger partial charge in [-0.3, -0.25) is 4.79 Å². The maximum absolute atomic E-state index is 11.8. The average Bonchev–Trinajstić information content (AvgIpc) is 2.77. The molecule has 3 heteroatoms. The summed E-state index contributed by atoms with van der Waals surface area (Å²) in [4.78, 5) is 11.8. The van der Waals surface area contributed by atoms with E-state index in [1.54, 1.807) is 6.08 Å². The predicted molar refractivity (Wildman–Crippen MR) is 84.1 cm³/mol. The van der Waals surface area contributed by atoms with Crippen molar-refractivity contribution in [1.82, 2.24) is 0 Å². The van der Waals surface area contributed by atoms with Gasteiger partial charge < -0.3 is 10.2 Å². The summed E-state index contributed by atoms with van der Waals surface area (Å²) in [7, 11) is 0. The molecule has 7 atom stereocenters. The molecule has 4 rings (SSSR count). The van der Waals surface area contributed by atoms with Crippen LogP contribution < -0.4 is 0 Å². The number of aliphatic hydroxyl groups excluding tert-OH is 2. The van der Waals surface area contributed by atoms with Crippen molar-refractivity contribution < 1.29 is 15.0 Å². The number of carbonyl (C=O) groups excluding carboxylic acids is 1. The quantitative estimate of drug-likeness (QED) is 0.723. The van der Waals surface area contributed by atoms with E-state index in [9.17, 15) is 15.0 Å². The van der Waals surface area contributed by atoms with Crippen LogP contribution in [0, 0.1) is 28.6 Å². The Balaban J connectivity index is 1.73. The second kappa shape index (κ2) is 4.67. The highest BCUT2D eigenvalue weighted by atomic mass is 16.3. The van der Waals surface area contributed by atoms with E-state index in [1.165, 1.54) is 0 Å². The molecule has 3 saturated carbocycles. The van der Waals surface area contributed by atoms with E-state index in [4.69, 9.17) is 0 Å². The Labute approximate surface area is 132 Å². The first kappa shape index (κ1) is 14.9. The van der Waals surface area contributed by atoms with Crippen molar-refractivity contribution >= 4 is 5.78 Å². The van der Waals surface area contributed by atoms with E-state index >= 15 is 0 Å². The van der Waals surface area contributed by atoms with Crippen LogP contribution in [0.4, 0.5) is 0 Å². The fourth-order valence-corrected chi connectivity index (χ4v) is 6.58. The molecule has 0 aromatic heterocycles. The molecule has 4 aliphatic rings. The molecule has 122 valence electrons. The molecular weight excluding hydrogens is 276 g/mol. The summed E-state index contributed by atoms with van der Waals surface area (Å²) in [5, 5.41) is 21.2. The lowest BCUT2D eigenvalue weighted by Gasteiger charge is -2.58. The summed E-state index contributed by atoms with van der Waals surface area (Å²) < 4.78 is 0. The number of rotatable bonds is 0. The minimum absolute atomic E-state index is 0.00881. The average molecular weight is 304 g/mol. The molecule has 0 aromatic rings. The van der Waals surface area contributed by atoms with Crippen molar-refractivity contribution in [3.05, 3.63) is 11.6 Å². The van der Waals surface area contributed by atoms with Crippen molar-refractivity contribution in [2.45, 2.75) is 71.0 Å². The number of fused-ring (bicyclic) bond motifs is 5. The maximum atomic E-state index is 11.8. The SMILES string of the molecule is C[C@]12CC[C@H]3[C@@H](CC(O)C4=CC(=O)CC[C@@]43C)[C@@H]1CC[C@@H]2O. The Kier molecular flexibility index (Phi) is 3.16. The highest BCUT2D eigenvalue weighted by molar-refractivity contribution is 5.91. The van der Waals surface area contributed by atoms with Gasteiger partial charge in [-0.25, -0.2) is 0 Å². The highest BCUT2D eigenvalue weighted by Crippen LogP contribution is 2.65. The molecule has 0 amide bonds. The van der Waals surface area contributed by atoms with Crippen LogP contribution in [0.25, 0.3) is 0 Å². The molecule has 0 aliphatic heterocycles. The van der Waals surface area contributed by atoms with E-state index in [2.05, 4.69) is 13.8 Å². The lowest BCUT2D eigenvalue weighted by Crippen LogP contribution is -2.54. The molecule has 0 spiro atoms. The molecule has 4 aliphatic carbocycles. The first-order valence-corrected chi connectivity index (χ1v) is 8.97. The topological polar surface area (TPSA) is 57.5 Å². The monoisotopic (exact) mass is 304 g/mol. The van der Waals surface area contributed by atoms with Crippen LogP contribution in [0.2, 0.25) is 0 Å². The minimum Gasteiger partial charge on any atom is -0.393 e. The van der Waals surface area contributed by atoms with Crippen LogP contribution in [-0.2, 0) is 4.79 Å². The number of carbonyl (C=O) groups is 1. The summed E-state index contributed by atoms with van der Waals surface area (Å²) in [6.45, 7) is 4.54. The number of ketones is 1. The van der Waals surface area contributed by atoms with Crippen LogP contribution in [0.3, 0.4) is 0 Å². The summed E-state index contributed by atoms with van der Waals surface area (Å²) in [5.74, 6) is 1.79. The largest absolute Gasteiger partial charge is 0.393 e. The van der Waals surface area contributed by atoms with Crippen molar-refractivity contribution in [3.63, 3.8) is 0 Å². The number of hydrogen-bond donors (Lipinski definition) is 2. The molecule has 3 nitrogen and oxygen atoms in total. The molecule has 0 aromatic carbocycles. The van der Waals surface area contributed by atoms with Crippen molar-refractivity contribution in [2.24, 2.45) is 28.6 Å². The molecule has 22 heavy (non-hydrogen) atoms. The van der Waals surface area contributed by atoms with Crippen LogP contribution in [-0.4, -0.2) is 28.2 Å². The van der Waals surface area contributed by atoms with Gasteiger partial charge in [0.25, 0.3) is 0 Å². The molecule has 0 saturated heterocycles. The number of aliphatic hydroxyl groups is 2. The van der Waals surface area contributed by atoms with E-state index in [0.717, 1.165) is 44.1 Å².